The molecule has 1 aromatic rings. The zero-order valence-electron chi connectivity index (χ0n) is 5.92. The Hall–Kier alpha value is -0.290. The van der Waals surface area contributed by atoms with Crippen molar-refractivity contribution in [2.75, 3.05) is 0 Å². The molecule has 0 radical (unpaired) electrons. The third-order valence-corrected chi connectivity index (χ3v) is 2.69. The fourth-order valence-electron chi connectivity index (χ4n) is 0.787. The molecule has 0 fully saturated rings. The summed E-state index contributed by atoms with van der Waals surface area (Å²) in [5, 5.41) is -0.172. The first-order chi connectivity index (χ1) is 5.84. The normalized spacial score (nSPS) is 11.8. The summed E-state index contributed by atoms with van der Waals surface area (Å²) in [7, 11) is 0. The van der Waals surface area contributed by atoms with Gasteiger partial charge in [0.1, 0.15) is 11.4 Å². The molecule has 0 amide bonds. The lowest BCUT2D eigenvalue weighted by Crippen LogP contribution is -2.09. The highest BCUT2D eigenvalue weighted by Crippen LogP contribution is 2.39. The van der Waals surface area contributed by atoms with Crippen molar-refractivity contribution in [3.63, 3.8) is 0 Å². The summed E-state index contributed by atoms with van der Waals surface area (Å²) in [6.07, 6.45) is -4.74. The lowest BCUT2D eigenvalue weighted by atomic mass is 10.2. The van der Waals surface area contributed by atoms with E-state index in [1.165, 1.54) is 0 Å². The van der Waals surface area contributed by atoms with Gasteiger partial charge in [0, 0.05) is 0 Å². The highest BCUT2D eigenvalue weighted by atomic mass is 79.9. The minimum Gasteiger partial charge on any atom is -0.206 e. The van der Waals surface area contributed by atoms with Gasteiger partial charge < -0.3 is 0 Å². The van der Waals surface area contributed by atoms with Gasteiger partial charge in [-0.3, -0.25) is 0 Å². The molecule has 0 aromatic heterocycles. The topological polar surface area (TPSA) is 0 Å². The van der Waals surface area contributed by atoms with Gasteiger partial charge in [-0.1, -0.05) is 11.6 Å². The van der Waals surface area contributed by atoms with E-state index in [1.54, 1.807) is 0 Å². The molecule has 0 atom stereocenters. The molecule has 6 heteroatoms. The van der Waals surface area contributed by atoms with Gasteiger partial charge in [0.05, 0.1) is 9.50 Å². The van der Waals surface area contributed by atoms with Crippen molar-refractivity contribution in [2.45, 2.75) is 6.18 Å². The third-order valence-electron chi connectivity index (χ3n) is 1.33. The van der Waals surface area contributed by atoms with E-state index in [1.807, 2.05) is 0 Å². The summed E-state index contributed by atoms with van der Waals surface area (Å²) < 4.78 is 48.7. The van der Waals surface area contributed by atoms with Gasteiger partial charge in [0.15, 0.2) is 0 Å². The van der Waals surface area contributed by atoms with E-state index >= 15 is 0 Å². The van der Waals surface area contributed by atoms with Gasteiger partial charge in [0.25, 0.3) is 0 Å². The number of rotatable bonds is 0. The zero-order chi connectivity index (χ0) is 10.2. The van der Waals surface area contributed by atoms with Gasteiger partial charge in [-0.2, -0.15) is 13.2 Å². The molecule has 0 nitrogen and oxygen atoms in total. The molecule has 1 aromatic carbocycles. The lowest BCUT2D eigenvalue weighted by Gasteiger charge is -2.10. The Morgan fingerprint density at radius 2 is 1.77 bits per heavy atom. The summed E-state index contributed by atoms with van der Waals surface area (Å²) in [4.78, 5) is 0. The summed E-state index contributed by atoms with van der Waals surface area (Å²) in [6.45, 7) is 0. The Morgan fingerprint density at radius 3 is 2.15 bits per heavy atom. The van der Waals surface area contributed by atoms with E-state index < -0.39 is 22.0 Å². The largest absolute Gasteiger partial charge is 0.420 e. The quantitative estimate of drug-likeness (QED) is 0.491. The maximum absolute atomic E-state index is 12.7. The van der Waals surface area contributed by atoms with Gasteiger partial charge >= 0.3 is 6.18 Å². The van der Waals surface area contributed by atoms with Crippen LogP contribution in [0, 0.1) is 5.82 Å². The van der Waals surface area contributed by atoms with Crippen LogP contribution < -0.4 is 0 Å². The van der Waals surface area contributed by atoms with E-state index in [0.29, 0.717) is 6.07 Å². The molecule has 0 saturated carbocycles. The average molecular weight is 277 g/mol. The van der Waals surface area contributed by atoms with Gasteiger partial charge in [-0.05, 0) is 28.1 Å². The SMILES string of the molecule is Fc1ccc(Cl)c(Br)c1C(F)(F)F. The second-order valence-electron chi connectivity index (χ2n) is 2.22. The third kappa shape index (κ3) is 2.14. The Labute approximate surface area is 84.6 Å². The number of hydrogen-bond donors (Lipinski definition) is 0. The first-order valence-corrected chi connectivity index (χ1v) is 4.22. The van der Waals surface area contributed by atoms with Crippen molar-refractivity contribution in [1.82, 2.24) is 0 Å². The van der Waals surface area contributed by atoms with Crippen molar-refractivity contribution in [2.24, 2.45) is 0 Å². The molecule has 0 heterocycles. The van der Waals surface area contributed by atoms with Crippen molar-refractivity contribution in [1.29, 1.82) is 0 Å². The molecule has 1 rings (SSSR count). The van der Waals surface area contributed by atoms with Crippen LogP contribution in [-0.2, 0) is 6.18 Å². The summed E-state index contributed by atoms with van der Waals surface area (Å²) in [6, 6.07) is 1.73. The van der Waals surface area contributed by atoms with Crippen LogP contribution in [0.2, 0.25) is 5.02 Å². The number of halogens is 6. The van der Waals surface area contributed by atoms with Crippen LogP contribution in [-0.4, -0.2) is 0 Å². The van der Waals surface area contributed by atoms with E-state index in [4.69, 9.17) is 11.6 Å². The minimum atomic E-state index is -4.74. The minimum absolute atomic E-state index is 0.172. The molecule has 13 heavy (non-hydrogen) atoms. The van der Waals surface area contributed by atoms with Crippen molar-refractivity contribution in [3.05, 3.63) is 33.0 Å². The Morgan fingerprint density at radius 1 is 1.23 bits per heavy atom. The molecule has 0 aliphatic carbocycles. The Bertz CT molecular complexity index is 334. The van der Waals surface area contributed by atoms with Crippen LogP contribution in [0.25, 0.3) is 0 Å². The second-order valence-corrected chi connectivity index (χ2v) is 3.42. The van der Waals surface area contributed by atoms with Crippen LogP contribution in [0.3, 0.4) is 0 Å². The number of alkyl halides is 3. The van der Waals surface area contributed by atoms with Gasteiger partial charge in [-0.25, -0.2) is 4.39 Å². The van der Waals surface area contributed by atoms with Crippen LogP contribution in [0.5, 0.6) is 0 Å². The molecular weight excluding hydrogens is 275 g/mol. The summed E-state index contributed by atoms with van der Waals surface area (Å²) >= 11 is 7.95. The monoisotopic (exact) mass is 276 g/mol. The molecule has 0 saturated heterocycles. The summed E-state index contributed by atoms with van der Waals surface area (Å²) in [5.41, 5.74) is -1.37. The van der Waals surface area contributed by atoms with Crippen LogP contribution in [0.15, 0.2) is 16.6 Å². The molecule has 0 aliphatic heterocycles. The first kappa shape index (κ1) is 10.8. The van der Waals surface area contributed by atoms with E-state index in [9.17, 15) is 17.6 Å². The molecule has 72 valence electrons. The number of benzene rings is 1. The van der Waals surface area contributed by atoms with Crippen LogP contribution >= 0.6 is 27.5 Å². The van der Waals surface area contributed by atoms with Gasteiger partial charge in [-0.15, -0.1) is 0 Å². The van der Waals surface area contributed by atoms with E-state index in [-0.39, 0.29) is 5.02 Å². The summed E-state index contributed by atoms with van der Waals surface area (Å²) in [5.74, 6) is -1.34. The fourth-order valence-corrected chi connectivity index (χ4v) is 1.49. The standard InChI is InChI=1S/C7H2BrClF4/c8-6-3(9)1-2-4(10)5(6)7(11,12)13/h1-2H. The smallest absolute Gasteiger partial charge is 0.206 e. The highest BCUT2D eigenvalue weighted by molar-refractivity contribution is 9.10. The lowest BCUT2D eigenvalue weighted by molar-refractivity contribution is -0.140. The predicted octanol–water partition coefficient (Wildman–Crippen LogP) is 4.26. The second kappa shape index (κ2) is 3.46. The molecule has 0 bridgehead atoms. The van der Waals surface area contributed by atoms with E-state index in [2.05, 4.69) is 15.9 Å². The predicted molar refractivity (Wildman–Crippen MR) is 44.1 cm³/mol. The molecule has 0 aliphatic rings. The maximum Gasteiger partial charge on any atom is 0.420 e. The van der Waals surface area contributed by atoms with Crippen molar-refractivity contribution >= 4 is 27.5 Å². The molecule has 0 unspecified atom stereocenters. The van der Waals surface area contributed by atoms with Crippen LogP contribution in [0.1, 0.15) is 5.56 Å². The van der Waals surface area contributed by atoms with Crippen molar-refractivity contribution < 1.29 is 17.6 Å². The molecule has 0 spiro atoms. The number of hydrogen-bond acceptors (Lipinski definition) is 0. The van der Waals surface area contributed by atoms with E-state index in [0.717, 1.165) is 6.07 Å². The Balaban J connectivity index is 3.43. The fraction of sp³-hybridized carbons (Fsp3) is 0.143. The average Bonchev–Trinajstić information content (AvgIpc) is 1.95. The molecular formula is C7H2BrClF4. The van der Waals surface area contributed by atoms with Crippen molar-refractivity contribution in [3.8, 4) is 0 Å². The Kier molecular flexibility index (Phi) is 2.87. The first-order valence-electron chi connectivity index (χ1n) is 3.04. The highest BCUT2D eigenvalue weighted by Gasteiger charge is 2.37. The van der Waals surface area contributed by atoms with Crippen LogP contribution in [0.4, 0.5) is 17.6 Å². The zero-order valence-corrected chi connectivity index (χ0v) is 8.26. The van der Waals surface area contributed by atoms with Gasteiger partial charge in [0.2, 0.25) is 0 Å². The maximum atomic E-state index is 12.7. The molecule has 0 N–H and O–H groups in total.